The summed E-state index contributed by atoms with van der Waals surface area (Å²) in [6.45, 7) is 3.03. The van der Waals surface area contributed by atoms with Crippen LogP contribution in [0.4, 0.5) is 0 Å². The van der Waals surface area contributed by atoms with Gasteiger partial charge in [-0.3, -0.25) is 9.69 Å². The number of thiophene rings is 1. The first-order valence-electron chi connectivity index (χ1n) is 7.07. The zero-order valence-corrected chi connectivity index (χ0v) is 13.3. The third-order valence-electron chi connectivity index (χ3n) is 4.13. The van der Waals surface area contributed by atoms with Gasteiger partial charge in [0.05, 0.1) is 15.3 Å². The molecular formula is C15H22ClNOS. The molecule has 0 aromatic carbocycles. The fourth-order valence-electron chi connectivity index (χ4n) is 2.79. The maximum atomic E-state index is 12.4. The van der Waals surface area contributed by atoms with Crippen molar-refractivity contribution in [1.29, 1.82) is 0 Å². The van der Waals surface area contributed by atoms with E-state index in [0.29, 0.717) is 4.34 Å². The minimum absolute atomic E-state index is 0.0587. The number of likely N-dealkylation sites (N-methyl/N-ethyl adjacent to an activating group) is 1. The predicted molar refractivity (Wildman–Crippen MR) is 82.3 cm³/mol. The lowest BCUT2D eigenvalue weighted by atomic mass is 9.88. The Morgan fingerprint density at radius 3 is 2.68 bits per heavy atom. The van der Waals surface area contributed by atoms with Gasteiger partial charge in [0.15, 0.2) is 5.78 Å². The Morgan fingerprint density at radius 2 is 2.11 bits per heavy atom. The second kappa shape index (κ2) is 6.87. The number of hydrogen-bond donors (Lipinski definition) is 0. The van der Waals surface area contributed by atoms with E-state index in [9.17, 15) is 4.79 Å². The van der Waals surface area contributed by atoms with Gasteiger partial charge in [-0.2, -0.15) is 0 Å². The zero-order valence-electron chi connectivity index (χ0n) is 11.7. The lowest BCUT2D eigenvalue weighted by Crippen LogP contribution is -2.39. The summed E-state index contributed by atoms with van der Waals surface area (Å²) in [6.07, 6.45) is 6.71. The number of carbonyl (C=O) groups is 1. The smallest absolute Gasteiger partial charge is 0.189 e. The van der Waals surface area contributed by atoms with Crippen molar-refractivity contribution in [3.05, 3.63) is 21.3 Å². The van der Waals surface area contributed by atoms with Gasteiger partial charge in [0.1, 0.15) is 0 Å². The Balaban J connectivity index is 1.90. The first-order chi connectivity index (χ1) is 9.08. The van der Waals surface area contributed by atoms with Gasteiger partial charge < -0.3 is 0 Å². The van der Waals surface area contributed by atoms with Crippen LogP contribution in [0.2, 0.25) is 4.34 Å². The molecule has 19 heavy (non-hydrogen) atoms. The summed E-state index contributed by atoms with van der Waals surface area (Å²) in [6, 6.07) is 3.57. The molecule has 0 spiro atoms. The van der Waals surface area contributed by atoms with Crippen molar-refractivity contribution in [3.63, 3.8) is 0 Å². The first-order valence-corrected chi connectivity index (χ1v) is 8.27. The van der Waals surface area contributed by atoms with Crippen molar-refractivity contribution in [2.75, 3.05) is 13.6 Å². The van der Waals surface area contributed by atoms with Crippen LogP contribution in [0.15, 0.2) is 12.1 Å². The van der Waals surface area contributed by atoms with Crippen molar-refractivity contribution >= 4 is 28.7 Å². The summed E-state index contributed by atoms with van der Waals surface area (Å²) in [5.41, 5.74) is 0. The molecule has 0 radical (unpaired) electrons. The lowest BCUT2D eigenvalue weighted by molar-refractivity contribution is 0.0846. The highest BCUT2D eigenvalue weighted by atomic mass is 35.5. The van der Waals surface area contributed by atoms with Gasteiger partial charge in [-0.1, -0.05) is 30.9 Å². The first kappa shape index (κ1) is 15.0. The molecule has 1 aliphatic carbocycles. The number of carbonyl (C=O) groups excluding carboxylic acids is 1. The van der Waals surface area contributed by atoms with E-state index < -0.39 is 0 Å². The Hall–Kier alpha value is -0.380. The summed E-state index contributed by atoms with van der Waals surface area (Å²) in [7, 11) is 2.06. The predicted octanol–water partition coefficient (Wildman–Crippen LogP) is 4.48. The molecule has 4 heteroatoms. The topological polar surface area (TPSA) is 20.3 Å². The largest absolute Gasteiger partial charge is 0.296 e. The maximum Gasteiger partial charge on any atom is 0.189 e. The molecule has 0 saturated heterocycles. The second-order valence-electron chi connectivity index (χ2n) is 5.59. The third kappa shape index (κ3) is 4.04. The molecular weight excluding hydrogens is 278 g/mol. The van der Waals surface area contributed by atoms with Crippen LogP contribution >= 0.6 is 22.9 Å². The van der Waals surface area contributed by atoms with Crippen LogP contribution in [0.5, 0.6) is 0 Å². The summed E-state index contributed by atoms with van der Waals surface area (Å²) in [5.74, 6) is 0.955. The van der Waals surface area contributed by atoms with E-state index in [1.807, 2.05) is 13.0 Å². The van der Waals surface area contributed by atoms with Crippen LogP contribution < -0.4 is 0 Å². The molecule has 1 heterocycles. The van der Waals surface area contributed by atoms with Crippen LogP contribution in [-0.4, -0.2) is 30.3 Å². The zero-order chi connectivity index (χ0) is 13.8. The van der Waals surface area contributed by atoms with E-state index in [1.54, 1.807) is 6.07 Å². The number of nitrogens with zero attached hydrogens (tertiary/aromatic N) is 1. The molecule has 0 amide bonds. The third-order valence-corrected chi connectivity index (χ3v) is 5.37. The Kier molecular flexibility index (Phi) is 5.43. The monoisotopic (exact) mass is 299 g/mol. The maximum absolute atomic E-state index is 12.4. The average molecular weight is 300 g/mol. The number of halogens is 1. The van der Waals surface area contributed by atoms with Gasteiger partial charge in [-0.05, 0) is 44.9 Å². The Morgan fingerprint density at radius 1 is 1.42 bits per heavy atom. The Labute approximate surface area is 124 Å². The molecule has 1 atom stereocenters. The van der Waals surface area contributed by atoms with Crippen molar-refractivity contribution in [2.45, 2.75) is 45.1 Å². The van der Waals surface area contributed by atoms with Crippen LogP contribution in [0.3, 0.4) is 0 Å². The van der Waals surface area contributed by atoms with Gasteiger partial charge in [0, 0.05) is 6.54 Å². The van der Waals surface area contributed by atoms with Gasteiger partial charge in [-0.25, -0.2) is 0 Å². The van der Waals surface area contributed by atoms with E-state index in [4.69, 9.17) is 11.6 Å². The molecule has 0 aliphatic heterocycles. The molecule has 1 aliphatic rings. The van der Waals surface area contributed by atoms with Crippen LogP contribution in [0.25, 0.3) is 0 Å². The van der Waals surface area contributed by atoms with Crippen LogP contribution in [0.1, 0.15) is 48.7 Å². The van der Waals surface area contributed by atoms with Gasteiger partial charge in [0.2, 0.25) is 0 Å². The average Bonchev–Trinajstić information content (AvgIpc) is 2.85. The molecule has 1 saturated carbocycles. The standard InChI is InChI=1S/C15H22ClNOS/c1-11(15(18)13-8-9-14(16)19-13)17(2)10-12-6-4-3-5-7-12/h8-9,11-12H,3-7,10H2,1-2H3. The quantitative estimate of drug-likeness (QED) is 0.747. The minimum atomic E-state index is -0.0587. The fourth-order valence-corrected chi connectivity index (χ4v) is 3.85. The van der Waals surface area contributed by atoms with Crippen LogP contribution in [0, 0.1) is 5.92 Å². The molecule has 0 N–H and O–H groups in total. The molecule has 2 nitrogen and oxygen atoms in total. The molecule has 0 bridgehead atoms. The van der Waals surface area contributed by atoms with Gasteiger partial charge in [0.25, 0.3) is 0 Å². The fraction of sp³-hybridized carbons (Fsp3) is 0.667. The highest BCUT2D eigenvalue weighted by Crippen LogP contribution is 2.26. The molecule has 106 valence electrons. The molecule has 1 aromatic rings. The van der Waals surface area contributed by atoms with E-state index in [0.717, 1.165) is 17.3 Å². The summed E-state index contributed by atoms with van der Waals surface area (Å²) in [4.78, 5) is 15.3. The summed E-state index contributed by atoms with van der Waals surface area (Å²) < 4.78 is 0.686. The molecule has 1 fully saturated rings. The van der Waals surface area contributed by atoms with Crippen molar-refractivity contribution in [1.82, 2.24) is 4.90 Å². The summed E-state index contributed by atoms with van der Waals surface area (Å²) >= 11 is 7.27. The number of hydrogen-bond acceptors (Lipinski definition) is 3. The number of ketones is 1. The normalized spacial score (nSPS) is 18.7. The summed E-state index contributed by atoms with van der Waals surface area (Å²) in [5, 5.41) is 0. The minimum Gasteiger partial charge on any atom is -0.296 e. The van der Waals surface area contributed by atoms with E-state index in [-0.39, 0.29) is 11.8 Å². The SMILES string of the molecule is CC(C(=O)c1ccc(Cl)s1)N(C)CC1CCCCC1. The van der Waals surface area contributed by atoms with Crippen molar-refractivity contribution in [2.24, 2.45) is 5.92 Å². The lowest BCUT2D eigenvalue weighted by Gasteiger charge is -2.30. The Bertz CT molecular complexity index is 426. The van der Waals surface area contributed by atoms with Crippen molar-refractivity contribution < 1.29 is 4.79 Å². The van der Waals surface area contributed by atoms with Gasteiger partial charge in [-0.15, -0.1) is 11.3 Å². The van der Waals surface area contributed by atoms with E-state index >= 15 is 0 Å². The van der Waals surface area contributed by atoms with Gasteiger partial charge >= 0.3 is 0 Å². The molecule has 1 unspecified atom stereocenters. The number of Topliss-reactive ketones (excluding diaryl/α,β-unsaturated/α-hetero) is 1. The van der Waals surface area contributed by atoms with E-state index in [2.05, 4.69) is 11.9 Å². The van der Waals surface area contributed by atoms with Crippen molar-refractivity contribution in [3.8, 4) is 0 Å². The second-order valence-corrected chi connectivity index (χ2v) is 7.30. The molecule has 2 rings (SSSR count). The van der Waals surface area contributed by atoms with Crippen LogP contribution in [-0.2, 0) is 0 Å². The number of rotatable bonds is 5. The molecule has 1 aromatic heterocycles. The highest BCUT2D eigenvalue weighted by Gasteiger charge is 2.24. The highest BCUT2D eigenvalue weighted by molar-refractivity contribution is 7.18. The van der Waals surface area contributed by atoms with E-state index in [1.165, 1.54) is 43.4 Å².